The zero-order valence-electron chi connectivity index (χ0n) is 8.03. The molecule has 76 valence electrons. The Balaban J connectivity index is 2.87. The molecule has 0 aliphatic carbocycles. The molecule has 0 radical (unpaired) electrons. The highest BCUT2D eigenvalue weighted by atomic mass is 32.2. The minimum absolute atomic E-state index is 0.120. The molecule has 1 heterocycles. The Hall–Kier alpha value is -0.390. The van der Waals surface area contributed by atoms with Gasteiger partial charge in [-0.2, -0.15) is 4.31 Å². The molecule has 0 aromatic carbocycles. The third-order valence-corrected chi connectivity index (χ3v) is 4.26. The van der Waals surface area contributed by atoms with Crippen LogP contribution in [0.25, 0.3) is 0 Å². The molecule has 1 unspecified atom stereocenters. The molecule has 1 atom stereocenters. The van der Waals surface area contributed by atoms with Crippen molar-refractivity contribution >= 4 is 10.0 Å². The summed E-state index contributed by atoms with van der Waals surface area (Å²) in [6.07, 6.45) is 1.92. The summed E-state index contributed by atoms with van der Waals surface area (Å²) in [6.45, 7) is 4.41. The van der Waals surface area contributed by atoms with Crippen LogP contribution in [0.4, 0.5) is 0 Å². The van der Waals surface area contributed by atoms with Crippen molar-refractivity contribution in [1.29, 1.82) is 0 Å². The van der Waals surface area contributed by atoms with Crippen LogP contribution in [0.5, 0.6) is 0 Å². The lowest BCUT2D eigenvalue weighted by molar-refractivity contribution is 0.407. The van der Waals surface area contributed by atoms with E-state index in [0.717, 1.165) is 5.57 Å². The second kappa shape index (κ2) is 3.77. The maximum Gasteiger partial charge on any atom is 0.214 e. The Bertz CT molecular complexity index is 308. The molecule has 0 amide bonds. The van der Waals surface area contributed by atoms with E-state index < -0.39 is 10.0 Å². The van der Waals surface area contributed by atoms with Crippen molar-refractivity contribution in [1.82, 2.24) is 4.31 Å². The summed E-state index contributed by atoms with van der Waals surface area (Å²) in [5.74, 6) is 0.143. The summed E-state index contributed by atoms with van der Waals surface area (Å²) in [5, 5.41) is 0. The zero-order chi connectivity index (χ0) is 10.1. The standard InChI is InChI=1S/C8H16N2O2S/c1-3-13(11,12)10-5-4-7(2)8(10)6-9/h4,8H,3,5-6,9H2,1-2H3. The lowest BCUT2D eigenvalue weighted by Gasteiger charge is -2.23. The van der Waals surface area contributed by atoms with Crippen molar-refractivity contribution in [3.63, 3.8) is 0 Å². The number of nitrogens with zero attached hydrogens (tertiary/aromatic N) is 1. The molecular weight excluding hydrogens is 188 g/mol. The van der Waals surface area contributed by atoms with Gasteiger partial charge in [0.1, 0.15) is 0 Å². The van der Waals surface area contributed by atoms with Crippen LogP contribution in [0.1, 0.15) is 13.8 Å². The van der Waals surface area contributed by atoms with Crippen molar-refractivity contribution in [3.8, 4) is 0 Å². The molecule has 1 rings (SSSR count). The van der Waals surface area contributed by atoms with Crippen molar-refractivity contribution in [2.45, 2.75) is 19.9 Å². The smallest absolute Gasteiger partial charge is 0.214 e. The quantitative estimate of drug-likeness (QED) is 0.654. The van der Waals surface area contributed by atoms with Gasteiger partial charge in [0.05, 0.1) is 11.8 Å². The molecule has 2 N–H and O–H groups in total. The lowest BCUT2D eigenvalue weighted by atomic mass is 10.2. The third-order valence-electron chi connectivity index (χ3n) is 2.41. The minimum Gasteiger partial charge on any atom is -0.329 e. The van der Waals surface area contributed by atoms with Gasteiger partial charge in [0.15, 0.2) is 0 Å². The second-order valence-electron chi connectivity index (χ2n) is 3.17. The summed E-state index contributed by atoms with van der Waals surface area (Å²) in [4.78, 5) is 0. The first kappa shape index (κ1) is 10.7. The molecule has 1 aliphatic heterocycles. The lowest BCUT2D eigenvalue weighted by Crippen LogP contribution is -2.42. The van der Waals surface area contributed by atoms with Crippen LogP contribution in [0, 0.1) is 0 Å². The zero-order valence-corrected chi connectivity index (χ0v) is 8.84. The predicted octanol–water partition coefficient (Wildman–Crippen LogP) is -0.0747. The number of rotatable bonds is 3. The molecule has 1 aliphatic rings. The maximum atomic E-state index is 11.6. The molecule has 0 saturated carbocycles. The molecule has 5 heteroatoms. The Morgan fingerprint density at radius 3 is 2.77 bits per heavy atom. The minimum atomic E-state index is -3.09. The van der Waals surface area contributed by atoms with Gasteiger partial charge in [0, 0.05) is 13.1 Å². The normalized spacial score (nSPS) is 24.8. The fourth-order valence-corrected chi connectivity index (χ4v) is 2.77. The topological polar surface area (TPSA) is 63.4 Å². The van der Waals surface area contributed by atoms with Gasteiger partial charge in [-0.1, -0.05) is 11.6 Å². The summed E-state index contributed by atoms with van der Waals surface area (Å²) in [7, 11) is -3.09. The Morgan fingerprint density at radius 2 is 2.31 bits per heavy atom. The van der Waals surface area contributed by atoms with E-state index in [1.807, 2.05) is 13.0 Å². The Morgan fingerprint density at radius 1 is 1.69 bits per heavy atom. The van der Waals surface area contributed by atoms with E-state index in [1.54, 1.807) is 6.92 Å². The number of sulfonamides is 1. The molecule has 0 saturated heterocycles. The SMILES string of the molecule is CCS(=O)(=O)N1CC=C(C)C1CN. The number of nitrogens with two attached hydrogens (primary N) is 1. The molecule has 0 aromatic rings. The highest BCUT2D eigenvalue weighted by Crippen LogP contribution is 2.20. The molecular formula is C8H16N2O2S. The number of hydrogen-bond donors (Lipinski definition) is 1. The fourth-order valence-electron chi connectivity index (χ4n) is 1.50. The van der Waals surface area contributed by atoms with Gasteiger partial charge in [-0.3, -0.25) is 0 Å². The molecule has 0 fully saturated rings. The molecule has 13 heavy (non-hydrogen) atoms. The number of hydrogen-bond acceptors (Lipinski definition) is 3. The van der Waals surface area contributed by atoms with Gasteiger partial charge < -0.3 is 5.73 Å². The van der Waals surface area contributed by atoms with Crippen molar-refractivity contribution < 1.29 is 8.42 Å². The fraction of sp³-hybridized carbons (Fsp3) is 0.750. The second-order valence-corrected chi connectivity index (χ2v) is 5.38. The first-order chi connectivity index (χ1) is 6.03. The highest BCUT2D eigenvalue weighted by Gasteiger charge is 2.31. The van der Waals surface area contributed by atoms with Gasteiger partial charge >= 0.3 is 0 Å². The van der Waals surface area contributed by atoms with E-state index in [1.165, 1.54) is 4.31 Å². The summed E-state index contributed by atoms with van der Waals surface area (Å²) >= 11 is 0. The van der Waals surface area contributed by atoms with Gasteiger partial charge in [-0.05, 0) is 13.8 Å². The molecule has 0 bridgehead atoms. The van der Waals surface area contributed by atoms with E-state index >= 15 is 0 Å². The van der Waals surface area contributed by atoms with Crippen LogP contribution in [0.15, 0.2) is 11.6 Å². The van der Waals surface area contributed by atoms with Crippen molar-refractivity contribution in [2.24, 2.45) is 5.73 Å². The van der Waals surface area contributed by atoms with Gasteiger partial charge in [0.2, 0.25) is 10.0 Å². The van der Waals surface area contributed by atoms with E-state index in [-0.39, 0.29) is 11.8 Å². The van der Waals surface area contributed by atoms with Gasteiger partial charge in [-0.15, -0.1) is 0 Å². The van der Waals surface area contributed by atoms with Crippen LogP contribution in [0.3, 0.4) is 0 Å². The van der Waals surface area contributed by atoms with Crippen molar-refractivity contribution in [3.05, 3.63) is 11.6 Å². The van der Waals surface area contributed by atoms with Crippen LogP contribution in [-0.2, 0) is 10.0 Å². The van der Waals surface area contributed by atoms with E-state index in [2.05, 4.69) is 0 Å². The molecule has 0 aromatic heterocycles. The third kappa shape index (κ3) is 1.92. The molecule has 0 spiro atoms. The Labute approximate surface area is 79.5 Å². The van der Waals surface area contributed by atoms with Crippen molar-refractivity contribution in [2.75, 3.05) is 18.8 Å². The van der Waals surface area contributed by atoms with Crippen LogP contribution < -0.4 is 5.73 Å². The van der Waals surface area contributed by atoms with Crippen LogP contribution in [0.2, 0.25) is 0 Å². The predicted molar refractivity (Wildman–Crippen MR) is 52.8 cm³/mol. The van der Waals surface area contributed by atoms with E-state index in [0.29, 0.717) is 13.1 Å². The summed E-state index contributed by atoms with van der Waals surface area (Å²) in [5.41, 5.74) is 6.57. The van der Waals surface area contributed by atoms with Crippen LogP contribution in [-0.4, -0.2) is 37.6 Å². The largest absolute Gasteiger partial charge is 0.329 e. The van der Waals surface area contributed by atoms with E-state index in [9.17, 15) is 8.42 Å². The average Bonchev–Trinajstić information content (AvgIpc) is 2.47. The highest BCUT2D eigenvalue weighted by molar-refractivity contribution is 7.89. The summed E-state index contributed by atoms with van der Waals surface area (Å²) in [6, 6.07) is -0.120. The Kier molecular flexibility index (Phi) is 3.10. The van der Waals surface area contributed by atoms with Gasteiger partial charge in [0.25, 0.3) is 0 Å². The van der Waals surface area contributed by atoms with Gasteiger partial charge in [-0.25, -0.2) is 8.42 Å². The maximum absolute atomic E-state index is 11.6. The first-order valence-corrected chi connectivity index (χ1v) is 6.00. The monoisotopic (exact) mass is 204 g/mol. The van der Waals surface area contributed by atoms with Crippen LogP contribution >= 0.6 is 0 Å². The van der Waals surface area contributed by atoms with E-state index in [4.69, 9.17) is 5.73 Å². The molecule has 4 nitrogen and oxygen atoms in total. The summed E-state index contributed by atoms with van der Waals surface area (Å²) < 4.78 is 24.6. The average molecular weight is 204 g/mol. The first-order valence-electron chi connectivity index (χ1n) is 4.39.